The number of hydrogen-bond donors (Lipinski definition) is 1. The minimum Gasteiger partial charge on any atom is -0.359 e. The highest BCUT2D eigenvalue weighted by atomic mass is 15.2. The Hall–Kier alpha value is -1.09. The molecule has 0 aliphatic carbocycles. The topological polar surface area (TPSA) is 28.2 Å². The molecule has 19 heavy (non-hydrogen) atoms. The number of aryl methyl sites for hydroxylation is 1. The predicted molar refractivity (Wildman–Crippen MR) is 83.7 cm³/mol. The maximum atomic E-state index is 4.62. The SMILES string of the molecule is CCCCN(C)c1ncc(CNC(C)(C)C)cc1C. The number of nitrogens with zero attached hydrogens (tertiary/aromatic N) is 2. The Morgan fingerprint density at radius 3 is 2.53 bits per heavy atom. The van der Waals surface area contributed by atoms with Crippen molar-refractivity contribution in [3.05, 3.63) is 23.4 Å². The van der Waals surface area contributed by atoms with E-state index in [2.05, 4.69) is 62.9 Å². The summed E-state index contributed by atoms with van der Waals surface area (Å²) in [4.78, 5) is 6.87. The Morgan fingerprint density at radius 1 is 1.32 bits per heavy atom. The van der Waals surface area contributed by atoms with Gasteiger partial charge in [0, 0.05) is 31.9 Å². The van der Waals surface area contributed by atoms with Crippen LogP contribution in [0.25, 0.3) is 0 Å². The first-order chi connectivity index (χ1) is 8.83. The number of nitrogens with one attached hydrogen (secondary N) is 1. The first-order valence-corrected chi connectivity index (χ1v) is 7.25. The van der Waals surface area contributed by atoms with Crippen LogP contribution in [-0.2, 0) is 6.54 Å². The lowest BCUT2D eigenvalue weighted by atomic mass is 10.1. The van der Waals surface area contributed by atoms with Crippen molar-refractivity contribution in [1.82, 2.24) is 10.3 Å². The molecule has 0 aromatic carbocycles. The monoisotopic (exact) mass is 263 g/mol. The van der Waals surface area contributed by atoms with Gasteiger partial charge in [0.25, 0.3) is 0 Å². The summed E-state index contributed by atoms with van der Waals surface area (Å²) in [5.74, 6) is 1.10. The highest BCUT2D eigenvalue weighted by Gasteiger charge is 2.10. The van der Waals surface area contributed by atoms with Gasteiger partial charge in [-0.1, -0.05) is 13.3 Å². The van der Waals surface area contributed by atoms with Gasteiger partial charge in [-0.15, -0.1) is 0 Å². The van der Waals surface area contributed by atoms with E-state index in [4.69, 9.17) is 0 Å². The Kier molecular flexibility index (Phi) is 5.80. The van der Waals surface area contributed by atoms with Gasteiger partial charge in [0.1, 0.15) is 5.82 Å². The number of anilines is 1. The fraction of sp³-hybridized carbons (Fsp3) is 0.688. The zero-order chi connectivity index (χ0) is 14.5. The summed E-state index contributed by atoms with van der Waals surface area (Å²) in [7, 11) is 2.12. The van der Waals surface area contributed by atoms with Crippen molar-refractivity contribution in [2.24, 2.45) is 0 Å². The third-order valence-electron chi connectivity index (χ3n) is 3.14. The summed E-state index contributed by atoms with van der Waals surface area (Å²) in [6, 6.07) is 2.24. The zero-order valence-electron chi connectivity index (χ0n) is 13.4. The fourth-order valence-corrected chi connectivity index (χ4v) is 1.99. The molecule has 0 aliphatic rings. The van der Waals surface area contributed by atoms with Crippen LogP contribution in [0.5, 0.6) is 0 Å². The maximum absolute atomic E-state index is 4.62. The van der Waals surface area contributed by atoms with Gasteiger partial charge in [-0.2, -0.15) is 0 Å². The van der Waals surface area contributed by atoms with Crippen LogP contribution in [0.15, 0.2) is 12.3 Å². The molecule has 0 radical (unpaired) electrons. The second-order valence-electron chi connectivity index (χ2n) is 6.36. The third kappa shape index (κ3) is 5.60. The maximum Gasteiger partial charge on any atom is 0.131 e. The van der Waals surface area contributed by atoms with E-state index in [1.165, 1.54) is 24.0 Å². The summed E-state index contributed by atoms with van der Waals surface area (Å²) in [5, 5.41) is 3.49. The van der Waals surface area contributed by atoms with Crippen molar-refractivity contribution in [1.29, 1.82) is 0 Å². The van der Waals surface area contributed by atoms with Crippen molar-refractivity contribution >= 4 is 5.82 Å². The third-order valence-corrected chi connectivity index (χ3v) is 3.14. The van der Waals surface area contributed by atoms with Gasteiger partial charge in [-0.05, 0) is 51.3 Å². The Morgan fingerprint density at radius 2 is 2.00 bits per heavy atom. The molecular formula is C16H29N3. The molecule has 0 spiro atoms. The van der Waals surface area contributed by atoms with Crippen LogP contribution in [0.3, 0.4) is 0 Å². The van der Waals surface area contributed by atoms with E-state index in [9.17, 15) is 0 Å². The standard InChI is InChI=1S/C16H29N3/c1-7-8-9-19(6)15-13(2)10-14(11-17-15)12-18-16(3,4)5/h10-11,18H,7-9,12H2,1-6H3. The summed E-state index contributed by atoms with van der Waals surface area (Å²) in [6.45, 7) is 12.8. The first kappa shape index (κ1) is 16.0. The van der Waals surface area contributed by atoms with Gasteiger partial charge in [-0.25, -0.2) is 4.98 Å². The Balaban J connectivity index is 2.69. The van der Waals surface area contributed by atoms with Gasteiger partial charge in [0.15, 0.2) is 0 Å². The summed E-state index contributed by atoms with van der Waals surface area (Å²) < 4.78 is 0. The van der Waals surface area contributed by atoms with E-state index in [-0.39, 0.29) is 5.54 Å². The Labute approximate surface area is 118 Å². The van der Waals surface area contributed by atoms with E-state index in [1.807, 2.05) is 6.20 Å². The molecule has 0 bridgehead atoms. The number of pyridine rings is 1. The molecule has 0 saturated carbocycles. The van der Waals surface area contributed by atoms with Crippen molar-refractivity contribution in [2.45, 2.75) is 59.5 Å². The largest absolute Gasteiger partial charge is 0.359 e. The Bertz CT molecular complexity index is 393. The van der Waals surface area contributed by atoms with Crippen LogP contribution in [0.4, 0.5) is 5.82 Å². The van der Waals surface area contributed by atoms with Gasteiger partial charge >= 0.3 is 0 Å². The minimum absolute atomic E-state index is 0.143. The van der Waals surface area contributed by atoms with Gasteiger partial charge in [-0.3, -0.25) is 0 Å². The zero-order valence-corrected chi connectivity index (χ0v) is 13.4. The number of aromatic nitrogens is 1. The van der Waals surface area contributed by atoms with E-state index in [1.54, 1.807) is 0 Å². The van der Waals surface area contributed by atoms with Crippen molar-refractivity contribution in [3.8, 4) is 0 Å². The lowest BCUT2D eigenvalue weighted by Crippen LogP contribution is -2.35. The lowest BCUT2D eigenvalue weighted by Gasteiger charge is -2.22. The molecular weight excluding hydrogens is 234 g/mol. The molecule has 1 N–H and O–H groups in total. The molecule has 1 heterocycles. The van der Waals surface area contributed by atoms with Crippen LogP contribution in [0, 0.1) is 6.92 Å². The molecule has 1 aromatic rings. The highest BCUT2D eigenvalue weighted by molar-refractivity contribution is 5.46. The average Bonchev–Trinajstić information content (AvgIpc) is 2.32. The van der Waals surface area contributed by atoms with Crippen molar-refractivity contribution in [3.63, 3.8) is 0 Å². The van der Waals surface area contributed by atoms with Gasteiger partial charge < -0.3 is 10.2 Å². The highest BCUT2D eigenvalue weighted by Crippen LogP contribution is 2.17. The van der Waals surface area contributed by atoms with Crippen LogP contribution in [0.2, 0.25) is 0 Å². The van der Waals surface area contributed by atoms with E-state index in [0.717, 1.165) is 18.9 Å². The molecule has 3 heteroatoms. The summed E-state index contributed by atoms with van der Waals surface area (Å²) >= 11 is 0. The second-order valence-corrected chi connectivity index (χ2v) is 6.36. The molecule has 0 aliphatic heterocycles. The fourth-order valence-electron chi connectivity index (χ4n) is 1.99. The molecule has 3 nitrogen and oxygen atoms in total. The summed E-state index contributed by atoms with van der Waals surface area (Å²) in [6.07, 6.45) is 4.42. The summed E-state index contributed by atoms with van der Waals surface area (Å²) in [5.41, 5.74) is 2.65. The van der Waals surface area contributed by atoms with E-state index >= 15 is 0 Å². The quantitative estimate of drug-likeness (QED) is 0.851. The molecule has 0 amide bonds. The van der Waals surface area contributed by atoms with Crippen LogP contribution < -0.4 is 10.2 Å². The van der Waals surface area contributed by atoms with Gasteiger partial charge in [0.2, 0.25) is 0 Å². The van der Waals surface area contributed by atoms with Crippen molar-refractivity contribution < 1.29 is 0 Å². The second kappa shape index (κ2) is 6.90. The lowest BCUT2D eigenvalue weighted by molar-refractivity contribution is 0.424. The molecule has 0 fully saturated rings. The number of rotatable bonds is 6. The van der Waals surface area contributed by atoms with Crippen LogP contribution in [-0.4, -0.2) is 24.1 Å². The smallest absolute Gasteiger partial charge is 0.131 e. The van der Waals surface area contributed by atoms with Crippen molar-refractivity contribution in [2.75, 3.05) is 18.5 Å². The van der Waals surface area contributed by atoms with E-state index in [0.29, 0.717) is 0 Å². The van der Waals surface area contributed by atoms with Crippen LogP contribution >= 0.6 is 0 Å². The van der Waals surface area contributed by atoms with Crippen LogP contribution in [0.1, 0.15) is 51.7 Å². The van der Waals surface area contributed by atoms with E-state index < -0.39 is 0 Å². The minimum atomic E-state index is 0.143. The number of unbranched alkanes of at least 4 members (excludes halogenated alkanes) is 1. The molecule has 0 unspecified atom stereocenters. The number of hydrogen-bond acceptors (Lipinski definition) is 3. The molecule has 0 atom stereocenters. The molecule has 1 rings (SSSR count). The predicted octanol–water partition coefficient (Wildman–Crippen LogP) is 3.51. The van der Waals surface area contributed by atoms with Gasteiger partial charge in [0.05, 0.1) is 0 Å². The molecule has 1 aromatic heterocycles. The molecule has 108 valence electrons. The molecule has 0 saturated heterocycles. The average molecular weight is 263 g/mol. The normalized spacial score (nSPS) is 11.7. The first-order valence-electron chi connectivity index (χ1n) is 7.25.